The van der Waals surface area contributed by atoms with Crippen molar-refractivity contribution in [1.29, 1.82) is 0 Å². The Labute approximate surface area is 119 Å². The lowest BCUT2D eigenvalue weighted by atomic mass is 9.95. The summed E-state index contributed by atoms with van der Waals surface area (Å²) in [5, 5.41) is 0. The summed E-state index contributed by atoms with van der Waals surface area (Å²) < 4.78 is 5.49. The van der Waals surface area contributed by atoms with Crippen LogP contribution in [0.1, 0.15) is 65.2 Å². The Morgan fingerprint density at radius 1 is 1.26 bits per heavy atom. The van der Waals surface area contributed by atoms with Gasteiger partial charge in [0.15, 0.2) is 0 Å². The number of methoxy groups -OCH3 is 1. The average Bonchev–Trinajstić information content (AvgIpc) is 2.46. The first-order valence-corrected chi connectivity index (χ1v) is 8.21. The number of likely N-dealkylation sites (tertiary alicyclic amines) is 1. The molecular weight excluding hydrogens is 236 g/mol. The van der Waals surface area contributed by atoms with E-state index in [1.165, 1.54) is 38.5 Å². The van der Waals surface area contributed by atoms with Crippen LogP contribution in [0.5, 0.6) is 0 Å². The van der Waals surface area contributed by atoms with Gasteiger partial charge < -0.3 is 10.5 Å². The maximum absolute atomic E-state index is 5.95. The minimum atomic E-state index is 0.418. The van der Waals surface area contributed by atoms with E-state index in [2.05, 4.69) is 18.7 Å². The van der Waals surface area contributed by atoms with E-state index in [0.29, 0.717) is 18.2 Å². The van der Waals surface area contributed by atoms with Gasteiger partial charge in [-0.05, 0) is 26.2 Å². The number of ether oxygens (including phenoxy) is 1. The fourth-order valence-corrected chi connectivity index (χ4v) is 3.27. The lowest BCUT2D eigenvalue weighted by Crippen LogP contribution is -2.52. The molecule has 1 saturated heterocycles. The number of nitrogens with two attached hydrogens (primary N) is 1. The number of unbranched alkanes of at least 4 members (excludes halogenated alkanes) is 4. The average molecular weight is 270 g/mol. The lowest BCUT2D eigenvalue weighted by Gasteiger charge is -2.42. The Hall–Kier alpha value is -0.120. The van der Waals surface area contributed by atoms with E-state index in [1.54, 1.807) is 0 Å². The van der Waals surface area contributed by atoms with Crippen LogP contribution < -0.4 is 5.73 Å². The molecule has 0 spiro atoms. The summed E-state index contributed by atoms with van der Waals surface area (Å²) >= 11 is 0. The van der Waals surface area contributed by atoms with E-state index in [9.17, 15) is 0 Å². The highest BCUT2D eigenvalue weighted by molar-refractivity contribution is 4.85. The molecule has 3 nitrogen and oxygen atoms in total. The van der Waals surface area contributed by atoms with Crippen molar-refractivity contribution in [2.75, 3.05) is 20.2 Å². The fraction of sp³-hybridized carbons (Fsp3) is 1.00. The molecule has 3 heteroatoms. The van der Waals surface area contributed by atoms with Gasteiger partial charge in [0.05, 0.1) is 6.10 Å². The Balaban J connectivity index is 2.28. The molecule has 114 valence electrons. The fourth-order valence-electron chi connectivity index (χ4n) is 3.27. The third-order valence-corrected chi connectivity index (χ3v) is 4.61. The predicted molar refractivity (Wildman–Crippen MR) is 82.4 cm³/mol. The highest BCUT2D eigenvalue weighted by atomic mass is 16.5. The molecule has 0 aromatic carbocycles. The zero-order chi connectivity index (χ0) is 14.1. The van der Waals surface area contributed by atoms with Crippen LogP contribution in [0.25, 0.3) is 0 Å². The number of piperidine rings is 1. The van der Waals surface area contributed by atoms with Gasteiger partial charge in [-0.1, -0.05) is 39.0 Å². The van der Waals surface area contributed by atoms with Crippen molar-refractivity contribution in [1.82, 2.24) is 4.90 Å². The van der Waals surface area contributed by atoms with Crippen LogP contribution in [0.15, 0.2) is 0 Å². The molecule has 1 fully saturated rings. The van der Waals surface area contributed by atoms with Crippen molar-refractivity contribution in [2.24, 2.45) is 5.73 Å². The van der Waals surface area contributed by atoms with Gasteiger partial charge in [0.25, 0.3) is 0 Å². The summed E-state index contributed by atoms with van der Waals surface area (Å²) in [6.45, 7) is 6.56. The smallest absolute Gasteiger partial charge is 0.0599 e. The highest BCUT2D eigenvalue weighted by Crippen LogP contribution is 2.23. The van der Waals surface area contributed by atoms with Gasteiger partial charge in [0.1, 0.15) is 0 Å². The third kappa shape index (κ3) is 5.80. The molecule has 0 aromatic heterocycles. The standard InChI is InChI=1S/C16H34N2O/c1-4-5-6-7-8-9-14(2)18-11-10-16(19-3)12-15(18)13-17/h14-16H,4-13,17H2,1-3H3. The third-order valence-electron chi connectivity index (χ3n) is 4.61. The molecule has 0 aromatic rings. The van der Waals surface area contributed by atoms with Crippen molar-refractivity contribution >= 4 is 0 Å². The molecule has 1 aliphatic heterocycles. The molecule has 3 atom stereocenters. The molecule has 0 radical (unpaired) electrons. The van der Waals surface area contributed by atoms with E-state index in [4.69, 9.17) is 10.5 Å². The van der Waals surface area contributed by atoms with E-state index < -0.39 is 0 Å². The molecule has 1 rings (SSSR count). The first kappa shape index (κ1) is 16.9. The van der Waals surface area contributed by atoms with E-state index >= 15 is 0 Å². The van der Waals surface area contributed by atoms with Gasteiger partial charge in [0.2, 0.25) is 0 Å². The summed E-state index contributed by atoms with van der Waals surface area (Å²) in [5.74, 6) is 0. The van der Waals surface area contributed by atoms with E-state index in [-0.39, 0.29) is 0 Å². The number of hydrogen-bond acceptors (Lipinski definition) is 3. The van der Waals surface area contributed by atoms with E-state index in [0.717, 1.165) is 25.9 Å². The van der Waals surface area contributed by atoms with Gasteiger partial charge in [0, 0.05) is 32.3 Å². The minimum Gasteiger partial charge on any atom is -0.381 e. The molecule has 19 heavy (non-hydrogen) atoms. The topological polar surface area (TPSA) is 38.5 Å². The quantitative estimate of drug-likeness (QED) is 0.654. The summed E-state index contributed by atoms with van der Waals surface area (Å²) in [7, 11) is 1.82. The number of nitrogens with zero attached hydrogens (tertiary/aromatic N) is 1. The summed E-state index contributed by atoms with van der Waals surface area (Å²) in [4.78, 5) is 2.62. The van der Waals surface area contributed by atoms with Crippen molar-refractivity contribution in [3.63, 3.8) is 0 Å². The number of hydrogen-bond donors (Lipinski definition) is 1. The van der Waals surface area contributed by atoms with Crippen molar-refractivity contribution in [2.45, 2.75) is 83.4 Å². The molecular formula is C16H34N2O. The second kappa shape index (κ2) is 9.73. The Morgan fingerprint density at radius 3 is 2.63 bits per heavy atom. The molecule has 2 N–H and O–H groups in total. The maximum atomic E-state index is 5.95. The Morgan fingerprint density at radius 2 is 2.00 bits per heavy atom. The Kier molecular flexibility index (Phi) is 8.67. The van der Waals surface area contributed by atoms with Crippen molar-refractivity contribution < 1.29 is 4.74 Å². The van der Waals surface area contributed by atoms with Crippen LogP contribution in [0.2, 0.25) is 0 Å². The van der Waals surface area contributed by atoms with Crippen LogP contribution in [-0.2, 0) is 4.74 Å². The molecule has 0 bridgehead atoms. The first-order chi connectivity index (χ1) is 9.22. The zero-order valence-corrected chi connectivity index (χ0v) is 13.2. The van der Waals surface area contributed by atoms with E-state index in [1.807, 2.05) is 7.11 Å². The minimum absolute atomic E-state index is 0.418. The largest absolute Gasteiger partial charge is 0.381 e. The molecule has 0 saturated carbocycles. The molecule has 1 aliphatic rings. The lowest BCUT2D eigenvalue weighted by molar-refractivity contribution is -0.00283. The van der Waals surface area contributed by atoms with Gasteiger partial charge in [-0.25, -0.2) is 0 Å². The summed E-state index contributed by atoms with van der Waals surface area (Å²) in [6, 6.07) is 1.19. The van der Waals surface area contributed by atoms with Gasteiger partial charge >= 0.3 is 0 Å². The van der Waals surface area contributed by atoms with Crippen LogP contribution >= 0.6 is 0 Å². The van der Waals surface area contributed by atoms with Crippen LogP contribution in [-0.4, -0.2) is 43.3 Å². The Bertz CT molecular complexity index is 223. The normalized spacial score (nSPS) is 26.5. The molecule has 0 aliphatic carbocycles. The summed E-state index contributed by atoms with van der Waals surface area (Å²) in [5.41, 5.74) is 5.95. The van der Waals surface area contributed by atoms with Crippen LogP contribution in [0.4, 0.5) is 0 Å². The monoisotopic (exact) mass is 270 g/mol. The van der Waals surface area contributed by atoms with Gasteiger partial charge in [-0.3, -0.25) is 4.90 Å². The van der Waals surface area contributed by atoms with Gasteiger partial charge in [-0.15, -0.1) is 0 Å². The van der Waals surface area contributed by atoms with Crippen LogP contribution in [0, 0.1) is 0 Å². The van der Waals surface area contributed by atoms with Crippen LogP contribution in [0.3, 0.4) is 0 Å². The van der Waals surface area contributed by atoms with Gasteiger partial charge in [-0.2, -0.15) is 0 Å². The van der Waals surface area contributed by atoms with Crippen molar-refractivity contribution in [3.05, 3.63) is 0 Å². The SMILES string of the molecule is CCCCCCCC(C)N1CCC(OC)CC1CN. The maximum Gasteiger partial charge on any atom is 0.0599 e. The second-order valence-corrected chi connectivity index (χ2v) is 6.06. The molecule has 1 heterocycles. The molecule has 0 amide bonds. The van der Waals surface area contributed by atoms with Crippen molar-refractivity contribution in [3.8, 4) is 0 Å². The highest BCUT2D eigenvalue weighted by Gasteiger charge is 2.30. The second-order valence-electron chi connectivity index (χ2n) is 6.06. The zero-order valence-electron chi connectivity index (χ0n) is 13.2. The summed E-state index contributed by atoms with van der Waals surface area (Å²) in [6.07, 6.45) is 10.9. The number of rotatable bonds is 9. The predicted octanol–water partition coefficient (Wildman–Crippen LogP) is 3.17. The first-order valence-electron chi connectivity index (χ1n) is 8.21. The molecule has 3 unspecified atom stereocenters.